The van der Waals surface area contributed by atoms with Gasteiger partial charge in [-0.05, 0) is 25.2 Å². The maximum atomic E-state index is 5.66. The highest BCUT2D eigenvalue weighted by molar-refractivity contribution is 5.01. The molecule has 1 aromatic heterocycles. The van der Waals surface area contributed by atoms with Crippen LogP contribution in [0.25, 0.3) is 0 Å². The van der Waals surface area contributed by atoms with E-state index in [1.54, 1.807) is 14.2 Å². The summed E-state index contributed by atoms with van der Waals surface area (Å²) >= 11 is 0. The molecule has 1 aliphatic carbocycles. The van der Waals surface area contributed by atoms with Crippen LogP contribution in [0.1, 0.15) is 62.4 Å². The van der Waals surface area contributed by atoms with Crippen LogP contribution in [0.15, 0.2) is 4.52 Å². The van der Waals surface area contributed by atoms with Crippen LogP contribution in [0.4, 0.5) is 0 Å². The van der Waals surface area contributed by atoms with Gasteiger partial charge >= 0.3 is 0 Å². The minimum Gasteiger partial charge on any atom is -0.380 e. The molecule has 0 amide bonds. The first-order valence-corrected chi connectivity index (χ1v) is 7.94. The van der Waals surface area contributed by atoms with E-state index in [0.29, 0.717) is 17.6 Å². The molecule has 21 heavy (non-hydrogen) atoms. The van der Waals surface area contributed by atoms with Crippen LogP contribution in [-0.4, -0.2) is 37.0 Å². The Kier molecular flexibility index (Phi) is 4.87. The molecule has 6 heteroatoms. The summed E-state index contributed by atoms with van der Waals surface area (Å²) in [6, 6.07) is 0.0973. The third-order valence-corrected chi connectivity index (χ3v) is 4.77. The number of hydrogen-bond acceptors (Lipinski definition) is 6. The minimum atomic E-state index is -0.0394. The lowest BCUT2D eigenvalue weighted by Crippen LogP contribution is -2.19. The van der Waals surface area contributed by atoms with E-state index in [2.05, 4.69) is 15.5 Å². The Bertz CT molecular complexity index is 445. The average Bonchev–Trinajstić information content (AvgIpc) is 3.18. The van der Waals surface area contributed by atoms with E-state index in [1.165, 1.54) is 32.1 Å². The fourth-order valence-electron chi connectivity index (χ4n) is 3.52. The molecule has 1 saturated heterocycles. The van der Waals surface area contributed by atoms with Crippen LogP contribution < -0.4 is 5.32 Å². The van der Waals surface area contributed by atoms with Gasteiger partial charge in [0.2, 0.25) is 11.7 Å². The summed E-state index contributed by atoms with van der Waals surface area (Å²) in [4.78, 5) is 4.59. The molecule has 1 aliphatic heterocycles. The van der Waals surface area contributed by atoms with Crippen LogP contribution in [0.5, 0.6) is 0 Å². The molecule has 0 aromatic carbocycles. The lowest BCUT2D eigenvalue weighted by Gasteiger charge is -2.26. The molecule has 2 heterocycles. The molecular weight excluding hydrogens is 270 g/mol. The van der Waals surface area contributed by atoms with E-state index in [9.17, 15) is 0 Å². The second-order valence-corrected chi connectivity index (χ2v) is 6.10. The quantitative estimate of drug-likeness (QED) is 0.899. The number of methoxy groups -OCH3 is 2. The zero-order valence-electron chi connectivity index (χ0n) is 12.9. The van der Waals surface area contributed by atoms with Crippen molar-refractivity contribution in [2.75, 3.05) is 20.8 Å². The van der Waals surface area contributed by atoms with E-state index < -0.39 is 0 Å². The Morgan fingerprint density at radius 1 is 1.24 bits per heavy atom. The molecule has 1 aromatic rings. The molecule has 1 unspecified atom stereocenters. The van der Waals surface area contributed by atoms with Gasteiger partial charge in [0.15, 0.2) is 0 Å². The minimum absolute atomic E-state index is 0.0394. The fraction of sp³-hybridized carbons (Fsp3) is 0.867. The number of rotatable bonds is 5. The van der Waals surface area contributed by atoms with E-state index in [-0.39, 0.29) is 18.2 Å². The van der Waals surface area contributed by atoms with E-state index in [0.717, 1.165) is 13.0 Å². The fourth-order valence-corrected chi connectivity index (χ4v) is 3.52. The normalized spacial score (nSPS) is 28.9. The summed E-state index contributed by atoms with van der Waals surface area (Å²) in [5.74, 6) is 1.86. The molecular formula is C15H25N3O3. The van der Waals surface area contributed by atoms with Crippen molar-refractivity contribution in [3.63, 3.8) is 0 Å². The standard InChI is InChI=1S/C15H25N3O3/c1-19-11-8-12(16-9-11)15-17-14(18-21-15)13(20-2)10-6-4-3-5-7-10/h10-13,16H,3-9H2,1-2H3/t11-,12+,13?/m0/s1. The summed E-state index contributed by atoms with van der Waals surface area (Å²) in [7, 11) is 3.47. The average molecular weight is 295 g/mol. The Labute approximate surface area is 125 Å². The van der Waals surface area contributed by atoms with Gasteiger partial charge in [0.25, 0.3) is 0 Å². The van der Waals surface area contributed by atoms with Crippen LogP contribution in [0, 0.1) is 5.92 Å². The molecule has 1 N–H and O–H groups in total. The van der Waals surface area contributed by atoms with Gasteiger partial charge in [-0.1, -0.05) is 24.4 Å². The first kappa shape index (κ1) is 14.9. The second kappa shape index (κ2) is 6.85. The van der Waals surface area contributed by atoms with Gasteiger partial charge in [0.1, 0.15) is 6.10 Å². The zero-order valence-corrected chi connectivity index (χ0v) is 12.9. The maximum Gasteiger partial charge on any atom is 0.243 e. The van der Waals surface area contributed by atoms with Crippen LogP contribution in [0.3, 0.4) is 0 Å². The molecule has 2 fully saturated rings. The molecule has 2 aliphatic rings. The van der Waals surface area contributed by atoms with Gasteiger partial charge in [0, 0.05) is 20.8 Å². The van der Waals surface area contributed by atoms with Crippen molar-refractivity contribution in [3.8, 4) is 0 Å². The van der Waals surface area contributed by atoms with Crippen molar-refractivity contribution in [1.82, 2.24) is 15.5 Å². The van der Waals surface area contributed by atoms with Crippen LogP contribution in [-0.2, 0) is 9.47 Å². The van der Waals surface area contributed by atoms with E-state index >= 15 is 0 Å². The first-order chi connectivity index (χ1) is 10.3. The molecule has 0 bridgehead atoms. The molecule has 0 radical (unpaired) electrons. The van der Waals surface area contributed by atoms with Crippen LogP contribution >= 0.6 is 0 Å². The van der Waals surface area contributed by atoms with Crippen molar-refractivity contribution in [2.24, 2.45) is 5.92 Å². The SMILES string of the molecule is COC(c1noc([C@H]2C[C@H](OC)CN2)n1)C1CCCCC1. The predicted molar refractivity (Wildman–Crippen MR) is 76.8 cm³/mol. The highest BCUT2D eigenvalue weighted by Crippen LogP contribution is 2.36. The third kappa shape index (κ3) is 3.27. The summed E-state index contributed by atoms with van der Waals surface area (Å²) < 4.78 is 16.5. The van der Waals surface area contributed by atoms with E-state index in [1.807, 2.05) is 0 Å². The Hall–Kier alpha value is -0.980. The van der Waals surface area contributed by atoms with Gasteiger partial charge in [-0.3, -0.25) is 0 Å². The highest BCUT2D eigenvalue weighted by atomic mass is 16.5. The summed E-state index contributed by atoms with van der Waals surface area (Å²) in [6.07, 6.45) is 7.31. The largest absolute Gasteiger partial charge is 0.380 e. The van der Waals surface area contributed by atoms with Crippen molar-refractivity contribution in [3.05, 3.63) is 11.7 Å². The molecule has 1 saturated carbocycles. The van der Waals surface area contributed by atoms with E-state index in [4.69, 9.17) is 14.0 Å². The Balaban J connectivity index is 1.68. The number of nitrogens with zero attached hydrogens (tertiary/aromatic N) is 2. The van der Waals surface area contributed by atoms with Crippen molar-refractivity contribution in [2.45, 2.75) is 56.8 Å². The maximum absolute atomic E-state index is 5.66. The number of nitrogens with one attached hydrogen (secondary N) is 1. The zero-order chi connectivity index (χ0) is 14.7. The first-order valence-electron chi connectivity index (χ1n) is 7.94. The smallest absolute Gasteiger partial charge is 0.243 e. The molecule has 3 rings (SSSR count). The summed E-state index contributed by atoms with van der Waals surface area (Å²) in [6.45, 7) is 0.829. The molecule has 0 spiro atoms. The van der Waals surface area contributed by atoms with Crippen molar-refractivity contribution < 1.29 is 14.0 Å². The van der Waals surface area contributed by atoms with Gasteiger partial charge in [0.05, 0.1) is 12.1 Å². The predicted octanol–water partition coefficient (Wildman–Crippen LogP) is 2.39. The highest BCUT2D eigenvalue weighted by Gasteiger charge is 2.33. The number of aromatic nitrogens is 2. The van der Waals surface area contributed by atoms with Crippen LogP contribution in [0.2, 0.25) is 0 Å². The van der Waals surface area contributed by atoms with Crippen molar-refractivity contribution >= 4 is 0 Å². The Morgan fingerprint density at radius 3 is 2.71 bits per heavy atom. The molecule has 6 nitrogen and oxygen atoms in total. The third-order valence-electron chi connectivity index (χ3n) is 4.77. The van der Waals surface area contributed by atoms with Gasteiger partial charge in [-0.25, -0.2) is 0 Å². The van der Waals surface area contributed by atoms with Gasteiger partial charge < -0.3 is 19.3 Å². The van der Waals surface area contributed by atoms with Crippen molar-refractivity contribution in [1.29, 1.82) is 0 Å². The monoisotopic (exact) mass is 295 g/mol. The number of ether oxygens (including phenoxy) is 2. The summed E-state index contributed by atoms with van der Waals surface area (Å²) in [5, 5.41) is 7.53. The molecule has 3 atom stereocenters. The second-order valence-electron chi connectivity index (χ2n) is 6.10. The Morgan fingerprint density at radius 2 is 2.05 bits per heavy atom. The lowest BCUT2D eigenvalue weighted by molar-refractivity contribution is 0.0273. The van der Waals surface area contributed by atoms with Gasteiger partial charge in [-0.15, -0.1) is 0 Å². The van der Waals surface area contributed by atoms with Gasteiger partial charge in [-0.2, -0.15) is 4.98 Å². The number of hydrogen-bond donors (Lipinski definition) is 1. The summed E-state index contributed by atoms with van der Waals surface area (Å²) in [5.41, 5.74) is 0. The lowest BCUT2D eigenvalue weighted by atomic mass is 9.85. The molecule has 118 valence electrons. The topological polar surface area (TPSA) is 69.4 Å².